The predicted molar refractivity (Wildman–Crippen MR) is 53.0 cm³/mol. The van der Waals surface area contributed by atoms with Gasteiger partial charge in [0, 0.05) is 0 Å². The molecule has 2 heteroatoms. The molecule has 1 rings (SSSR count). The minimum Gasteiger partial charge on any atom is -0.133 e. The van der Waals surface area contributed by atoms with Crippen molar-refractivity contribution in [3.63, 3.8) is 0 Å². The summed E-state index contributed by atoms with van der Waals surface area (Å²) in [6, 6.07) is 10.6. The molecule has 0 aliphatic rings. The standard InChI is InChI=1S/C8H12P2/c9-7-10-6-8-4-2-1-3-5-8/h1-5,10H,6-7,9H2. The van der Waals surface area contributed by atoms with E-state index in [2.05, 4.69) is 39.6 Å². The predicted octanol–water partition coefficient (Wildman–Crippen LogP) is 2.70. The molecule has 1 aromatic rings. The molecule has 0 heterocycles. The molecule has 0 radical (unpaired) electrons. The summed E-state index contributed by atoms with van der Waals surface area (Å²) in [4.78, 5) is 0. The molecular weight excluding hydrogens is 158 g/mol. The molecule has 1 aromatic carbocycles. The number of benzene rings is 1. The van der Waals surface area contributed by atoms with Crippen molar-refractivity contribution in [2.75, 3.05) is 5.90 Å². The molecule has 2 atom stereocenters. The van der Waals surface area contributed by atoms with Crippen LogP contribution in [-0.4, -0.2) is 5.90 Å². The van der Waals surface area contributed by atoms with Gasteiger partial charge in [0.15, 0.2) is 0 Å². The Balaban J connectivity index is 2.43. The first-order chi connectivity index (χ1) is 4.93. The second-order valence-corrected chi connectivity index (χ2v) is 4.60. The van der Waals surface area contributed by atoms with Crippen LogP contribution in [0.25, 0.3) is 0 Å². The Hall–Kier alpha value is 0.0800. The zero-order chi connectivity index (χ0) is 7.23. The van der Waals surface area contributed by atoms with Crippen LogP contribution in [0.2, 0.25) is 0 Å². The lowest BCUT2D eigenvalue weighted by Crippen LogP contribution is -1.74. The van der Waals surface area contributed by atoms with E-state index in [-0.39, 0.29) is 0 Å². The van der Waals surface area contributed by atoms with Gasteiger partial charge < -0.3 is 0 Å². The van der Waals surface area contributed by atoms with Crippen molar-refractivity contribution in [2.24, 2.45) is 0 Å². The van der Waals surface area contributed by atoms with E-state index in [1.54, 1.807) is 0 Å². The van der Waals surface area contributed by atoms with Crippen molar-refractivity contribution in [2.45, 2.75) is 6.16 Å². The third kappa shape index (κ3) is 2.78. The molecule has 0 aliphatic carbocycles. The zero-order valence-electron chi connectivity index (χ0n) is 5.88. The lowest BCUT2D eigenvalue weighted by molar-refractivity contribution is 1.41. The van der Waals surface area contributed by atoms with Gasteiger partial charge in [-0.05, 0) is 17.6 Å². The second kappa shape index (κ2) is 4.83. The lowest BCUT2D eigenvalue weighted by Gasteiger charge is -1.96. The highest BCUT2D eigenvalue weighted by Crippen LogP contribution is 2.19. The van der Waals surface area contributed by atoms with Crippen molar-refractivity contribution in [1.29, 1.82) is 0 Å². The molecule has 0 saturated heterocycles. The molecule has 0 aliphatic heterocycles. The monoisotopic (exact) mass is 170 g/mol. The summed E-state index contributed by atoms with van der Waals surface area (Å²) >= 11 is 0. The van der Waals surface area contributed by atoms with Crippen molar-refractivity contribution < 1.29 is 0 Å². The Morgan fingerprint density at radius 2 is 1.90 bits per heavy atom. The molecule has 54 valence electrons. The maximum Gasteiger partial charge on any atom is -0.00976 e. The van der Waals surface area contributed by atoms with Crippen LogP contribution in [-0.2, 0) is 6.16 Å². The Bertz CT molecular complexity index is 172. The number of hydrogen-bond donors (Lipinski definition) is 0. The largest absolute Gasteiger partial charge is 0.133 e. The van der Waals surface area contributed by atoms with Gasteiger partial charge >= 0.3 is 0 Å². The highest BCUT2D eigenvalue weighted by molar-refractivity contribution is 7.48. The molecule has 10 heavy (non-hydrogen) atoms. The maximum atomic E-state index is 2.76. The van der Waals surface area contributed by atoms with E-state index in [1.807, 2.05) is 0 Å². The van der Waals surface area contributed by atoms with Gasteiger partial charge in [-0.2, -0.15) is 0 Å². The average Bonchev–Trinajstić information content (AvgIpc) is 2.03. The summed E-state index contributed by atoms with van der Waals surface area (Å²) in [7, 11) is 3.82. The fraction of sp³-hybridized carbons (Fsp3) is 0.250. The Labute approximate surface area is 66.4 Å². The molecule has 0 amide bonds. The Morgan fingerprint density at radius 3 is 2.50 bits per heavy atom. The number of rotatable bonds is 3. The minimum atomic E-state index is 1.06. The SMILES string of the molecule is PCPCc1ccccc1. The van der Waals surface area contributed by atoms with E-state index in [0.717, 1.165) is 8.58 Å². The Morgan fingerprint density at radius 1 is 1.20 bits per heavy atom. The second-order valence-electron chi connectivity index (χ2n) is 2.12. The molecule has 0 saturated carbocycles. The van der Waals surface area contributed by atoms with Gasteiger partial charge in [-0.3, -0.25) is 0 Å². The number of hydrogen-bond acceptors (Lipinski definition) is 0. The third-order valence-electron chi connectivity index (χ3n) is 1.32. The summed E-state index contributed by atoms with van der Waals surface area (Å²) in [5, 5.41) is 0. The van der Waals surface area contributed by atoms with E-state index in [4.69, 9.17) is 0 Å². The molecule has 0 N–H and O–H groups in total. The van der Waals surface area contributed by atoms with E-state index < -0.39 is 0 Å². The molecule has 0 fully saturated rings. The van der Waals surface area contributed by atoms with Crippen molar-refractivity contribution in [3.8, 4) is 0 Å². The molecule has 0 nitrogen and oxygen atoms in total. The first-order valence-electron chi connectivity index (χ1n) is 3.38. The molecular formula is C8H12P2. The van der Waals surface area contributed by atoms with Gasteiger partial charge in [0.1, 0.15) is 0 Å². The van der Waals surface area contributed by atoms with Crippen LogP contribution in [0.1, 0.15) is 5.56 Å². The van der Waals surface area contributed by atoms with Crippen molar-refractivity contribution >= 4 is 17.8 Å². The van der Waals surface area contributed by atoms with E-state index >= 15 is 0 Å². The van der Waals surface area contributed by atoms with Gasteiger partial charge in [0.25, 0.3) is 0 Å². The van der Waals surface area contributed by atoms with Gasteiger partial charge in [0.05, 0.1) is 0 Å². The Kier molecular flexibility index (Phi) is 3.95. The van der Waals surface area contributed by atoms with Gasteiger partial charge in [-0.15, -0.1) is 17.8 Å². The third-order valence-corrected chi connectivity index (χ3v) is 3.13. The van der Waals surface area contributed by atoms with Crippen LogP contribution in [0, 0.1) is 0 Å². The van der Waals surface area contributed by atoms with Crippen LogP contribution in [0.5, 0.6) is 0 Å². The smallest absolute Gasteiger partial charge is 0.00976 e. The fourth-order valence-electron chi connectivity index (χ4n) is 0.812. The van der Waals surface area contributed by atoms with Gasteiger partial charge in [-0.1, -0.05) is 30.3 Å². The normalized spacial score (nSPS) is 10.9. The summed E-state index contributed by atoms with van der Waals surface area (Å²) in [5.41, 5.74) is 1.46. The van der Waals surface area contributed by atoms with Crippen molar-refractivity contribution in [3.05, 3.63) is 35.9 Å². The van der Waals surface area contributed by atoms with E-state index in [1.165, 1.54) is 17.6 Å². The first kappa shape index (κ1) is 8.18. The van der Waals surface area contributed by atoms with E-state index in [0.29, 0.717) is 0 Å². The lowest BCUT2D eigenvalue weighted by atomic mass is 10.2. The van der Waals surface area contributed by atoms with Crippen LogP contribution in [0.15, 0.2) is 30.3 Å². The summed E-state index contributed by atoms with van der Waals surface area (Å²) < 4.78 is 0. The zero-order valence-corrected chi connectivity index (χ0v) is 8.03. The van der Waals surface area contributed by atoms with Gasteiger partial charge in [0.2, 0.25) is 0 Å². The van der Waals surface area contributed by atoms with Crippen LogP contribution in [0.4, 0.5) is 0 Å². The summed E-state index contributed by atoms with van der Waals surface area (Å²) in [5.74, 6) is 1.23. The van der Waals surface area contributed by atoms with Crippen LogP contribution in [0.3, 0.4) is 0 Å². The topological polar surface area (TPSA) is 0 Å². The van der Waals surface area contributed by atoms with E-state index in [9.17, 15) is 0 Å². The fourth-order valence-corrected chi connectivity index (χ4v) is 1.91. The molecule has 0 aromatic heterocycles. The van der Waals surface area contributed by atoms with Crippen LogP contribution >= 0.6 is 17.8 Å². The maximum absolute atomic E-state index is 2.76. The summed E-state index contributed by atoms with van der Waals surface area (Å²) in [6.45, 7) is 0. The summed E-state index contributed by atoms with van der Waals surface area (Å²) in [6.07, 6.45) is 1.24. The molecule has 2 unspecified atom stereocenters. The first-order valence-corrected chi connectivity index (χ1v) is 5.61. The minimum absolute atomic E-state index is 1.06. The quantitative estimate of drug-likeness (QED) is 0.612. The highest BCUT2D eigenvalue weighted by atomic mass is 31.1. The van der Waals surface area contributed by atoms with Crippen molar-refractivity contribution in [1.82, 2.24) is 0 Å². The molecule has 0 bridgehead atoms. The van der Waals surface area contributed by atoms with Gasteiger partial charge in [-0.25, -0.2) is 0 Å². The highest BCUT2D eigenvalue weighted by Gasteiger charge is 1.87. The van der Waals surface area contributed by atoms with Crippen LogP contribution < -0.4 is 0 Å². The molecule has 0 spiro atoms. The average molecular weight is 170 g/mol.